The molecular formula is C22H28N4. The molecule has 0 aliphatic carbocycles. The highest BCUT2D eigenvalue weighted by Gasteiger charge is 2.20. The fraction of sp³-hybridized carbons (Fsp3) is 0.409. The molecule has 2 aromatic carbocycles. The van der Waals surface area contributed by atoms with Gasteiger partial charge in [-0.15, -0.1) is 0 Å². The van der Waals surface area contributed by atoms with Crippen molar-refractivity contribution in [2.75, 3.05) is 26.2 Å². The van der Waals surface area contributed by atoms with Gasteiger partial charge in [0.25, 0.3) is 0 Å². The molecule has 3 aromatic rings. The summed E-state index contributed by atoms with van der Waals surface area (Å²) in [4.78, 5) is 10.1. The largest absolute Gasteiger partial charge is 0.334 e. The van der Waals surface area contributed by atoms with Gasteiger partial charge in [-0.1, -0.05) is 42.5 Å². The van der Waals surface area contributed by atoms with Gasteiger partial charge in [-0.3, -0.25) is 9.80 Å². The van der Waals surface area contributed by atoms with Gasteiger partial charge in [-0.25, -0.2) is 4.98 Å². The van der Waals surface area contributed by atoms with Gasteiger partial charge in [-0.2, -0.15) is 0 Å². The Labute approximate surface area is 156 Å². The monoisotopic (exact) mass is 348 g/mol. The first-order valence-electron chi connectivity index (χ1n) is 9.58. The molecule has 4 rings (SSSR count). The number of hydrogen-bond acceptors (Lipinski definition) is 3. The summed E-state index contributed by atoms with van der Waals surface area (Å²) in [5.41, 5.74) is 2.37. The SMILES string of the molecule is CC(C)N1CCN(Cc2cn(C)c(-c3cccc4ccccc34)n2)CC1. The van der Waals surface area contributed by atoms with Crippen molar-refractivity contribution in [3.63, 3.8) is 0 Å². The fourth-order valence-corrected chi connectivity index (χ4v) is 3.94. The van der Waals surface area contributed by atoms with Gasteiger partial charge < -0.3 is 4.57 Å². The molecule has 2 heterocycles. The van der Waals surface area contributed by atoms with Crippen LogP contribution in [0.3, 0.4) is 0 Å². The van der Waals surface area contributed by atoms with Gasteiger partial charge in [0, 0.05) is 57.6 Å². The highest BCUT2D eigenvalue weighted by atomic mass is 15.3. The quantitative estimate of drug-likeness (QED) is 0.717. The summed E-state index contributed by atoms with van der Waals surface area (Å²) in [6.45, 7) is 10.1. The number of aromatic nitrogens is 2. The molecule has 26 heavy (non-hydrogen) atoms. The lowest BCUT2D eigenvalue weighted by molar-refractivity contribution is 0.103. The average molecular weight is 348 g/mol. The van der Waals surface area contributed by atoms with Crippen molar-refractivity contribution in [1.82, 2.24) is 19.4 Å². The van der Waals surface area contributed by atoms with Crippen LogP contribution in [0.15, 0.2) is 48.7 Å². The van der Waals surface area contributed by atoms with Crippen LogP contribution >= 0.6 is 0 Å². The topological polar surface area (TPSA) is 24.3 Å². The third-order valence-electron chi connectivity index (χ3n) is 5.48. The number of fused-ring (bicyclic) bond motifs is 1. The summed E-state index contributed by atoms with van der Waals surface area (Å²) >= 11 is 0. The van der Waals surface area contributed by atoms with E-state index in [0.29, 0.717) is 6.04 Å². The first kappa shape index (κ1) is 17.3. The van der Waals surface area contributed by atoms with Crippen molar-refractivity contribution >= 4 is 10.8 Å². The average Bonchev–Trinajstić information content (AvgIpc) is 3.01. The molecule has 0 atom stereocenters. The Morgan fingerprint density at radius 1 is 0.962 bits per heavy atom. The number of nitrogens with zero attached hydrogens (tertiary/aromatic N) is 4. The summed E-state index contributed by atoms with van der Waals surface area (Å²) in [6.07, 6.45) is 2.19. The zero-order chi connectivity index (χ0) is 18.1. The summed E-state index contributed by atoms with van der Waals surface area (Å²) in [5.74, 6) is 1.05. The van der Waals surface area contributed by atoms with Crippen LogP contribution in [-0.4, -0.2) is 51.6 Å². The zero-order valence-corrected chi connectivity index (χ0v) is 16.0. The minimum absolute atomic E-state index is 0.643. The zero-order valence-electron chi connectivity index (χ0n) is 16.0. The Bertz CT molecular complexity index is 883. The molecular weight excluding hydrogens is 320 g/mol. The van der Waals surface area contributed by atoms with Gasteiger partial charge >= 0.3 is 0 Å². The summed E-state index contributed by atoms with van der Waals surface area (Å²) < 4.78 is 2.17. The number of imidazole rings is 1. The standard InChI is InChI=1S/C22H28N4/c1-17(2)26-13-11-25(12-14-26)16-19-15-24(3)22(23-19)21-10-6-8-18-7-4-5-9-20(18)21/h4-10,15,17H,11-14,16H2,1-3H3. The Kier molecular flexibility index (Phi) is 4.79. The van der Waals surface area contributed by atoms with Crippen LogP contribution in [0.4, 0.5) is 0 Å². The Hall–Kier alpha value is -2.17. The van der Waals surface area contributed by atoms with E-state index in [1.807, 2.05) is 0 Å². The lowest BCUT2D eigenvalue weighted by Crippen LogP contribution is -2.48. The molecule has 136 valence electrons. The molecule has 1 aliphatic heterocycles. The van der Waals surface area contributed by atoms with Crippen LogP contribution in [0, 0.1) is 0 Å². The first-order chi connectivity index (χ1) is 12.6. The summed E-state index contributed by atoms with van der Waals surface area (Å²) in [7, 11) is 2.10. The maximum absolute atomic E-state index is 4.99. The molecule has 1 saturated heterocycles. The maximum atomic E-state index is 4.99. The normalized spacial score (nSPS) is 16.6. The molecule has 0 saturated carbocycles. The molecule has 4 heteroatoms. The minimum Gasteiger partial charge on any atom is -0.334 e. The smallest absolute Gasteiger partial charge is 0.140 e. The lowest BCUT2D eigenvalue weighted by Gasteiger charge is -2.36. The predicted octanol–water partition coefficient (Wildman–Crippen LogP) is 3.77. The van der Waals surface area contributed by atoms with Crippen LogP contribution in [0.1, 0.15) is 19.5 Å². The molecule has 0 bridgehead atoms. The van der Waals surface area contributed by atoms with E-state index in [4.69, 9.17) is 4.98 Å². The van der Waals surface area contributed by atoms with Crippen LogP contribution in [0.5, 0.6) is 0 Å². The maximum Gasteiger partial charge on any atom is 0.140 e. The Balaban J connectivity index is 1.55. The fourth-order valence-electron chi connectivity index (χ4n) is 3.94. The van der Waals surface area contributed by atoms with E-state index in [1.54, 1.807) is 0 Å². The van der Waals surface area contributed by atoms with E-state index >= 15 is 0 Å². The van der Waals surface area contributed by atoms with Gasteiger partial charge in [0.2, 0.25) is 0 Å². The van der Waals surface area contributed by atoms with Crippen LogP contribution in [0.25, 0.3) is 22.2 Å². The van der Waals surface area contributed by atoms with Crippen LogP contribution in [-0.2, 0) is 13.6 Å². The molecule has 1 aliphatic rings. The number of hydrogen-bond donors (Lipinski definition) is 0. The number of aryl methyl sites for hydroxylation is 1. The number of piperazine rings is 1. The first-order valence-corrected chi connectivity index (χ1v) is 9.58. The van der Waals surface area contributed by atoms with Crippen molar-refractivity contribution in [3.05, 3.63) is 54.4 Å². The Morgan fingerprint density at radius 3 is 2.46 bits per heavy atom. The highest BCUT2D eigenvalue weighted by molar-refractivity contribution is 5.95. The second kappa shape index (κ2) is 7.22. The van der Waals surface area contributed by atoms with E-state index in [1.165, 1.54) is 16.3 Å². The van der Waals surface area contributed by atoms with Crippen molar-refractivity contribution in [2.45, 2.75) is 26.4 Å². The van der Waals surface area contributed by atoms with E-state index in [9.17, 15) is 0 Å². The van der Waals surface area contributed by atoms with E-state index in [-0.39, 0.29) is 0 Å². The molecule has 1 aromatic heterocycles. The van der Waals surface area contributed by atoms with E-state index in [2.05, 4.69) is 83.9 Å². The highest BCUT2D eigenvalue weighted by Crippen LogP contribution is 2.28. The van der Waals surface area contributed by atoms with Crippen molar-refractivity contribution in [2.24, 2.45) is 7.05 Å². The summed E-state index contributed by atoms with van der Waals surface area (Å²) in [5, 5.41) is 2.53. The van der Waals surface area contributed by atoms with Gasteiger partial charge in [0.05, 0.1) is 5.69 Å². The molecule has 0 spiro atoms. The minimum atomic E-state index is 0.643. The van der Waals surface area contributed by atoms with Crippen molar-refractivity contribution in [3.8, 4) is 11.4 Å². The molecule has 1 fully saturated rings. The second-order valence-corrected chi connectivity index (χ2v) is 7.60. The van der Waals surface area contributed by atoms with Crippen LogP contribution < -0.4 is 0 Å². The van der Waals surface area contributed by atoms with E-state index in [0.717, 1.165) is 44.2 Å². The molecule has 0 N–H and O–H groups in total. The predicted molar refractivity (Wildman–Crippen MR) is 108 cm³/mol. The Morgan fingerprint density at radius 2 is 1.69 bits per heavy atom. The van der Waals surface area contributed by atoms with Gasteiger partial charge in [0.15, 0.2) is 0 Å². The lowest BCUT2D eigenvalue weighted by atomic mass is 10.0. The van der Waals surface area contributed by atoms with Crippen molar-refractivity contribution < 1.29 is 0 Å². The third kappa shape index (κ3) is 3.39. The van der Waals surface area contributed by atoms with E-state index < -0.39 is 0 Å². The number of benzene rings is 2. The van der Waals surface area contributed by atoms with Gasteiger partial charge in [0.1, 0.15) is 5.82 Å². The summed E-state index contributed by atoms with van der Waals surface area (Å²) in [6, 6.07) is 15.6. The molecule has 0 radical (unpaired) electrons. The third-order valence-corrected chi connectivity index (χ3v) is 5.48. The van der Waals surface area contributed by atoms with Crippen LogP contribution in [0.2, 0.25) is 0 Å². The second-order valence-electron chi connectivity index (χ2n) is 7.60. The van der Waals surface area contributed by atoms with Crippen molar-refractivity contribution in [1.29, 1.82) is 0 Å². The van der Waals surface area contributed by atoms with Gasteiger partial charge in [-0.05, 0) is 24.6 Å². The molecule has 0 unspecified atom stereocenters. The molecule has 0 amide bonds. The molecule has 4 nitrogen and oxygen atoms in total. The number of rotatable bonds is 4.